The summed E-state index contributed by atoms with van der Waals surface area (Å²) in [4.78, 5) is 0. The van der Waals surface area contributed by atoms with E-state index in [2.05, 4.69) is 23.5 Å². The van der Waals surface area contributed by atoms with Gasteiger partial charge in [-0.1, -0.05) is 30.4 Å². The minimum absolute atomic E-state index is 0.186. The van der Waals surface area contributed by atoms with Gasteiger partial charge >= 0.3 is 12.5 Å². The Morgan fingerprint density at radius 3 is 1.85 bits per heavy atom. The van der Waals surface area contributed by atoms with Crippen LogP contribution in [-0.2, 0) is 4.74 Å². The van der Waals surface area contributed by atoms with Crippen molar-refractivity contribution in [1.29, 1.82) is 0 Å². The van der Waals surface area contributed by atoms with E-state index in [1.807, 2.05) is 6.08 Å². The van der Waals surface area contributed by atoms with Crippen LogP contribution in [0.5, 0.6) is 5.75 Å². The van der Waals surface area contributed by atoms with Crippen molar-refractivity contribution in [3.05, 3.63) is 54.6 Å². The van der Waals surface area contributed by atoms with Gasteiger partial charge in [0.25, 0.3) is 0 Å². The van der Waals surface area contributed by atoms with E-state index in [0.717, 1.165) is 69.8 Å². The smallest absolute Gasteiger partial charge is 0.406 e. The van der Waals surface area contributed by atoms with Crippen molar-refractivity contribution in [3.63, 3.8) is 0 Å². The van der Waals surface area contributed by atoms with Crippen LogP contribution in [0.1, 0.15) is 101 Å². The van der Waals surface area contributed by atoms with E-state index in [1.54, 1.807) is 12.1 Å². The Balaban J connectivity index is 1.14. The van der Waals surface area contributed by atoms with Gasteiger partial charge in [0.2, 0.25) is 0 Å². The molecule has 0 bridgehead atoms. The first-order chi connectivity index (χ1) is 18.6. The molecule has 0 unspecified atom stereocenters. The van der Waals surface area contributed by atoms with E-state index in [4.69, 9.17) is 4.74 Å². The molecule has 3 aliphatic carbocycles. The second-order valence-corrected chi connectivity index (χ2v) is 11.9. The predicted molar refractivity (Wildman–Crippen MR) is 144 cm³/mol. The summed E-state index contributed by atoms with van der Waals surface area (Å²) in [6.07, 6.45) is 10.5. The molecule has 0 spiro atoms. The number of benzene rings is 1. The Labute approximate surface area is 230 Å². The first kappa shape index (κ1) is 30.1. The van der Waals surface area contributed by atoms with Gasteiger partial charge in [-0.3, -0.25) is 0 Å². The summed E-state index contributed by atoms with van der Waals surface area (Å²) < 4.78 is 76.3. The van der Waals surface area contributed by atoms with Crippen molar-refractivity contribution in [3.8, 4) is 5.75 Å². The van der Waals surface area contributed by atoms with E-state index in [-0.39, 0.29) is 11.9 Å². The lowest BCUT2D eigenvalue weighted by atomic mass is 9.78. The number of alkyl halides is 5. The zero-order chi connectivity index (χ0) is 27.9. The minimum atomic E-state index is -4.67. The quantitative estimate of drug-likeness (QED) is 0.212. The van der Waals surface area contributed by atoms with Crippen LogP contribution in [0, 0.1) is 23.7 Å². The molecule has 0 N–H and O–H groups in total. The second-order valence-electron chi connectivity index (χ2n) is 11.9. The number of ether oxygens (including phenoxy) is 2. The third kappa shape index (κ3) is 9.33. The molecule has 2 nitrogen and oxygen atoms in total. The van der Waals surface area contributed by atoms with Gasteiger partial charge in [0.15, 0.2) is 0 Å². The second kappa shape index (κ2) is 13.6. The molecule has 0 aromatic heterocycles. The zero-order valence-corrected chi connectivity index (χ0v) is 22.8. The number of halogens is 5. The highest BCUT2D eigenvalue weighted by molar-refractivity contribution is 5.30. The van der Waals surface area contributed by atoms with Crippen LogP contribution in [0.3, 0.4) is 0 Å². The van der Waals surface area contributed by atoms with Crippen molar-refractivity contribution < 1.29 is 31.4 Å². The molecular formula is C32H43F5O2. The molecule has 0 heterocycles. The van der Waals surface area contributed by atoms with Crippen molar-refractivity contribution in [2.24, 2.45) is 23.7 Å². The van der Waals surface area contributed by atoms with Gasteiger partial charge in [0.05, 0.1) is 12.0 Å². The van der Waals surface area contributed by atoms with Crippen molar-refractivity contribution in [2.45, 2.75) is 114 Å². The standard InChI is InChI=1S/C32H43F5O2/c1-2-3-4-23-9-17-28(18-10-23)31(33,34)38-29-19-11-25(12-20-29)6-5-24-7-13-26(14-8-24)27-15-21-30(22-16-27)39-32(35,36)37/h2,5-6,15-16,21-26,28-29H,1,3-4,7-14,17-20H2/b6-5+. The topological polar surface area (TPSA) is 18.5 Å². The summed E-state index contributed by atoms with van der Waals surface area (Å²) in [6.45, 7) is 3.76. The van der Waals surface area contributed by atoms with Gasteiger partial charge in [-0.05, 0) is 131 Å². The van der Waals surface area contributed by atoms with Crippen LogP contribution >= 0.6 is 0 Å². The maximum absolute atomic E-state index is 14.9. The van der Waals surface area contributed by atoms with Gasteiger partial charge in [-0.25, -0.2) is 0 Å². The fraction of sp³-hybridized carbons (Fsp3) is 0.688. The fourth-order valence-corrected chi connectivity index (χ4v) is 6.76. The van der Waals surface area contributed by atoms with Crippen molar-refractivity contribution >= 4 is 0 Å². The molecular weight excluding hydrogens is 511 g/mol. The lowest BCUT2D eigenvalue weighted by Gasteiger charge is -2.36. The van der Waals surface area contributed by atoms with Gasteiger partial charge in [0.1, 0.15) is 5.75 Å². The Bertz CT molecular complexity index is 901. The van der Waals surface area contributed by atoms with Crippen LogP contribution in [0.25, 0.3) is 0 Å². The average Bonchev–Trinajstić information content (AvgIpc) is 2.91. The predicted octanol–water partition coefficient (Wildman–Crippen LogP) is 10.4. The molecule has 39 heavy (non-hydrogen) atoms. The van der Waals surface area contributed by atoms with Crippen LogP contribution < -0.4 is 4.74 Å². The van der Waals surface area contributed by atoms with Crippen molar-refractivity contribution in [1.82, 2.24) is 0 Å². The summed E-state index contributed by atoms with van der Waals surface area (Å²) in [5.74, 6) is 0.962. The van der Waals surface area contributed by atoms with E-state index in [0.29, 0.717) is 49.4 Å². The number of allylic oxidation sites excluding steroid dienone is 3. The largest absolute Gasteiger partial charge is 0.573 e. The van der Waals surface area contributed by atoms with Gasteiger partial charge < -0.3 is 9.47 Å². The minimum Gasteiger partial charge on any atom is -0.406 e. The molecule has 218 valence electrons. The Morgan fingerprint density at radius 1 is 0.744 bits per heavy atom. The van der Waals surface area contributed by atoms with E-state index in [9.17, 15) is 22.0 Å². The highest BCUT2D eigenvalue weighted by Gasteiger charge is 2.44. The molecule has 7 heteroatoms. The molecule has 0 atom stereocenters. The summed E-state index contributed by atoms with van der Waals surface area (Å²) in [5, 5.41) is 0. The van der Waals surface area contributed by atoms with E-state index < -0.39 is 18.4 Å². The molecule has 0 radical (unpaired) electrons. The first-order valence-corrected chi connectivity index (χ1v) is 14.8. The highest BCUT2D eigenvalue weighted by Crippen LogP contribution is 2.43. The summed E-state index contributed by atoms with van der Waals surface area (Å²) in [5.41, 5.74) is 1.06. The number of hydrogen-bond donors (Lipinski definition) is 0. The summed E-state index contributed by atoms with van der Waals surface area (Å²) >= 11 is 0. The third-order valence-electron chi connectivity index (χ3n) is 9.16. The molecule has 3 fully saturated rings. The number of rotatable bonds is 10. The first-order valence-electron chi connectivity index (χ1n) is 14.8. The maximum Gasteiger partial charge on any atom is 0.573 e. The molecule has 4 rings (SSSR count). The molecule has 3 aliphatic rings. The third-order valence-corrected chi connectivity index (χ3v) is 9.16. The molecule has 3 saturated carbocycles. The number of hydrogen-bond acceptors (Lipinski definition) is 2. The van der Waals surface area contributed by atoms with Gasteiger partial charge in [-0.2, -0.15) is 8.78 Å². The molecule has 0 amide bonds. The molecule has 1 aromatic rings. The van der Waals surface area contributed by atoms with E-state index in [1.165, 1.54) is 12.1 Å². The molecule has 0 aliphatic heterocycles. The van der Waals surface area contributed by atoms with Crippen molar-refractivity contribution in [2.75, 3.05) is 0 Å². The monoisotopic (exact) mass is 554 g/mol. The lowest BCUT2D eigenvalue weighted by Crippen LogP contribution is -2.39. The average molecular weight is 555 g/mol. The SMILES string of the molecule is C=CCCC1CCC(C(F)(F)OC2CCC(/C=C/C3CCC(c4ccc(OC(F)(F)F)cc4)CC3)CC2)CC1. The highest BCUT2D eigenvalue weighted by atomic mass is 19.4. The maximum atomic E-state index is 14.9. The molecule has 1 aromatic carbocycles. The Kier molecular flexibility index (Phi) is 10.5. The van der Waals surface area contributed by atoms with E-state index >= 15 is 0 Å². The van der Waals surface area contributed by atoms with Gasteiger partial charge in [-0.15, -0.1) is 19.8 Å². The Morgan fingerprint density at radius 2 is 1.31 bits per heavy atom. The zero-order valence-electron chi connectivity index (χ0n) is 22.8. The summed E-state index contributed by atoms with van der Waals surface area (Å²) in [7, 11) is 0. The van der Waals surface area contributed by atoms with Crippen LogP contribution in [0.2, 0.25) is 0 Å². The van der Waals surface area contributed by atoms with Gasteiger partial charge in [0, 0.05) is 0 Å². The summed E-state index contributed by atoms with van der Waals surface area (Å²) in [6, 6.07) is 6.25. The fourth-order valence-electron chi connectivity index (χ4n) is 6.76. The van der Waals surface area contributed by atoms with Crippen LogP contribution in [0.4, 0.5) is 22.0 Å². The lowest BCUT2D eigenvalue weighted by molar-refractivity contribution is -0.301. The van der Waals surface area contributed by atoms with Crippen LogP contribution in [0.15, 0.2) is 49.1 Å². The Hall–Kier alpha value is -1.89. The normalized spacial score (nSPS) is 30.8. The molecule has 0 saturated heterocycles. The van der Waals surface area contributed by atoms with Crippen LogP contribution in [-0.4, -0.2) is 18.6 Å².